The van der Waals surface area contributed by atoms with Gasteiger partial charge in [0.1, 0.15) is 11.2 Å². The minimum atomic E-state index is 0.591. The molecule has 10 aromatic rings. The maximum absolute atomic E-state index is 6.23. The van der Waals surface area contributed by atoms with Gasteiger partial charge in [-0.1, -0.05) is 146 Å². The van der Waals surface area contributed by atoms with E-state index < -0.39 is 0 Å². The molecule has 0 amide bonds. The van der Waals surface area contributed by atoms with Crippen molar-refractivity contribution >= 4 is 39.0 Å². The molecule has 56 heavy (non-hydrogen) atoms. The van der Waals surface area contributed by atoms with Crippen molar-refractivity contribution in [2.24, 2.45) is 0 Å². The summed E-state index contributed by atoms with van der Waals surface area (Å²) in [6, 6.07) is 71.1. The average Bonchev–Trinajstić information content (AvgIpc) is 3.67. The van der Waals surface area contributed by atoms with Crippen molar-refractivity contribution in [2.45, 2.75) is 0 Å². The quantitative estimate of drug-likeness (QED) is 0.157. The second-order valence-corrected chi connectivity index (χ2v) is 13.7. The summed E-state index contributed by atoms with van der Waals surface area (Å²) < 4.78 is 6.23. The summed E-state index contributed by atoms with van der Waals surface area (Å²) in [5, 5.41) is 2.01. The second-order valence-electron chi connectivity index (χ2n) is 13.7. The lowest BCUT2D eigenvalue weighted by Crippen LogP contribution is -2.10. The van der Waals surface area contributed by atoms with Crippen molar-refractivity contribution < 1.29 is 4.42 Å². The molecule has 8 aromatic carbocycles. The van der Waals surface area contributed by atoms with Crippen LogP contribution in [0.1, 0.15) is 0 Å². The van der Waals surface area contributed by atoms with Crippen molar-refractivity contribution in [1.29, 1.82) is 0 Å². The molecule has 0 N–H and O–H groups in total. The summed E-state index contributed by atoms with van der Waals surface area (Å²) in [6.45, 7) is 0. The Labute approximate surface area is 324 Å². The molecule has 0 saturated carbocycles. The third-order valence-corrected chi connectivity index (χ3v) is 10.2. The van der Waals surface area contributed by atoms with Crippen molar-refractivity contribution in [3.05, 3.63) is 206 Å². The minimum absolute atomic E-state index is 0.591. The fourth-order valence-electron chi connectivity index (χ4n) is 7.38. The topological polar surface area (TPSA) is 55.1 Å². The summed E-state index contributed by atoms with van der Waals surface area (Å²) >= 11 is 0. The Morgan fingerprint density at radius 2 is 0.696 bits per heavy atom. The molecule has 5 nitrogen and oxygen atoms in total. The van der Waals surface area contributed by atoms with E-state index in [0.717, 1.165) is 55.7 Å². The number of para-hydroxylation sites is 1. The van der Waals surface area contributed by atoms with Crippen LogP contribution in [0.25, 0.3) is 78.4 Å². The Hall–Kier alpha value is -7.63. The van der Waals surface area contributed by atoms with E-state index >= 15 is 0 Å². The van der Waals surface area contributed by atoms with E-state index in [4.69, 9.17) is 19.4 Å². The van der Waals surface area contributed by atoms with Crippen LogP contribution in [0, 0.1) is 0 Å². The molecule has 0 saturated heterocycles. The van der Waals surface area contributed by atoms with Crippen LogP contribution < -0.4 is 4.90 Å². The predicted octanol–water partition coefficient (Wildman–Crippen LogP) is 13.6. The van der Waals surface area contributed by atoms with E-state index in [2.05, 4.69) is 138 Å². The monoisotopic (exact) mass is 718 g/mol. The van der Waals surface area contributed by atoms with Gasteiger partial charge in [-0.25, -0.2) is 15.0 Å². The fraction of sp³-hybridized carbons (Fsp3) is 0. The number of furan rings is 1. The van der Waals surface area contributed by atoms with Crippen LogP contribution in [0.5, 0.6) is 0 Å². The molecule has 2 aromatic heterocycles. The summed E-state index contributed by atoms with van der Waals surface area (Å²) in [6.07, 6.45) is 0. The molecule has 0 atom stereocenters. The SMILES string of the molecule is c1ccc(-c2ccc(N(c3ccc(-c4ccccc4)cc3)c3ccc(-c4nc(-c5ccccc5)nc(-c5cccc6oc7ccccc7c56)n4)cc3)cc2)cc1. The molecule has 2 heterocycles. The van der Waals surface area contributed by atoms with Crippen LogP contribution in [0.15, 0.2) is 211 Å². The van der Waals surface area contributed by atoms with Crippen LogP contribution >= 0.6 is 0 Å². The van der Waals surface area contributed by atoms with Gasteiger partial charge in [0.05, 0.1) is 0 Å². The standard InChI is InChI=1S/C51H34N4O/c1-4-13-35(14-5-1)37-23-29-41(30-24-37)55(42-31-25-38(26-32-42)36-15-6-2-7-16-36)43-33-27-40(28-34-43)50-52-49(39-17-8-3-9-18-39)53-51(54-50)45-20-12-22-47-48(45)44-19-10-11-21-46(44)56-47/h1-34H. The van der Waals surface area contributed by atoms with Gasteiger partial charge in [0.2, 0.25) is 0 Å². The highest BCUT2D eigenvalue weighted by Crippen LogP contribution is 2.39. The van der Waals surface area contributed by atoms with Crippen LogP contribution in [0.2, 0.25) is 0 Å². The number of hydrogen-bond donors (Lipinski definition) is 0. The Balaban J connectivity index is 1.07. The Morgan fingerprint density at radius 3 is 1.23 bits per heavy atom. The third-order valence-electron chi connectivity index (χ3n) is 10.2. The lowest BCUT2D eigenvalue weighted by Gasteiger charge is -2.26. The number of nitrogens with zero attached hydrogens (tertiary/aromatic N) is 4. The van der Waals surface area contributed by atoms with Crippen LogP contribution in [0.4, 0.5) is 17.1 Å². The van der Waals surface area contributed by atoms with Gasteiger partial charge >= 0.3 is 0 Å². The summed E-state index contributed by atoms with van der Waals surface area (Å²) in [4.78, 5) is 17.5. The Bertz CT molecular complexity index is 2840. The first kappa shape index (κ1) is 33.0. The molecule has 0 aliphatic rings. The van der Waals surface area contributed by atoms with E-state index in [1.807, 2.05) is 72.8 Å². The molecule has 0 aliphatic heterocycles. The van der Waals surface area contributed by atoms with Crippen LogP contribution in [-0.4, -0.2) is 15.0 Å². The second kappa shape index (κ2) is 14.3. The number of hydrogen-bond acceptors (Lipinski definition) is 5. The van der Waals surface area contributed by atoms with E-state index in [-0.39, 0.29) is 0 Å². The number of anilines is 3. The Kier molecular flexibility index (Phi) is 8.43. The zero-order chi connectivity index (χ0) is 37.3. The summed E-state index contributed by atoms with van der Waals surface area (Å²) in [5.74, 6) is 1.79. The number of aromatic nitrogens is 3. The van der Waals surface area contributed by atoms with E-state index in [1.165, 1.54) is 22.3 Å². The lowest BCUT2D eigenvalue weighted by atomic mass is 10.0. The first-order valence-corrected chi connectivity index (χ1v) is 18.7. The number of rotatable bonds is 8. The molecule has 0 bridgehead atoms. The Morgan fingerprint density at radius 1 is 0.304 bits per heavy atom. The summed E-state index contributed by atoms with van der Waals surface area (Å²) in [5.41, 5.74) is 12.2. The normalized spacial score (nSPS) is 11.2. The largest absolute Gasteiger partial charge is 0.456 e. The molecule has 0 fully saturated rings. The highest BCUT2D eigenvalue weighted by molar-refractivity contribution is 6.11. The van der Waals surface area contributed by atoms with Gasteiger partial charge in [0.15, 0.2) is 17.5 Å². The molecule has 0 aliphatic carbocycles. The summed E-state index contributed by atoms with van der Waals surface area (Å²) in [7, 11) is 0. The molecular formula is C51H34N4O. The van der Waals surface area contributed by atoms with Crippen molar-refractivity contribution in [3.8, 4) is 56.4 Å². The maximum atomic E-state index is 6.23. The van der Waals surface area contributed by atoms with Gasteiger partial charge in [-0.2, -0.15) is 0 Å². The zero-order valence-corrected chi connectivity index (χ0v) is 30.3. The zero-order valence-electron chi connectivity index (χ0n) is 30.3. The van der Waals surface area contributed by atoms with Crippen LogP contribution in [0.3, 0.4) is 0 Å². The maximum Gasteiger partial charge on any atom is 0.164 e. The van der Waals surface area contributed by atoms with E-state index in [1.54, 1.807) is 0 Å². The first-order chi connectivity index (χ1) is 27.7. The highest BCUT2D eigenvalue weighted by atomic mass is 16.3. The minimum Gasteiger partial charge on any atom is -0.456 e. The average molecular weight is 719 g/mol. The van der Waals surface area contributed by atoms with Crippen molar-refractivity contribution in [3.63, 3.8) is 0 Å². The first-order valence-electron chi connectivity index (χ1n) is 18.7. The van der Waals surface area contributed by atoms with Crippen LogP contribution in [-0.2, 0) is 0 Å². The predicted molar refractivity (Wildman–Crippen MR) is 229 cm³/mol. The van der Waals surface area contributed by atoms with Gasteiger partial charge in [0, 0.05) is 44.5 Å². The molecule has 10 rings (SSSR count). The third kappa shape index (κ3) is 6.27. The fourth-order valence-corrected chi connectivity index (χ4v) is 7.38. The smallest absolute Gasteiger partial charge is 0.164 e. The van der Waals surface area contributed by atoms with Crippen molar-refractivity contribution in [1.82, 2.24) is 15.0 Å². The van der Waals surface area contributed by atoms with Crippen molar-refractivity contribution in [2.75, 3.05) is 4.90 Å². The molecule has 0 unspecified atom stereocenters. The molecule has 5 heteroatoms. The van der Waals surface area contributed by atoms with E-state index in [9.17, 15) is 0 Å². The van der Waals surface area contributed by atoms with Gasteiger partial charge in [0.25, 0.3) is 0 Å². The number of fused-ring (bicyclic) bond motifs is 3. The van der Waals surface area contributed by atoms with Gasteiger partial charge in [-0.15, -0.1) is 0 Å². The molecular weight excluding hydrogens is 685 g/mol. The highest BCUT2D eigenvalue weighted by Gasteiger charge is 2.19. The molecule has 0 spiro atoms. The lowest BCUT2D eigenvalue weighted by molar-refractivity contribution is 0.669. The number of benzene rings is 8. The molecule has 264 valence electrons. The van der Waals surface area contributed by atoms with Gasteiger partial charge in [-0.3, -0.25) is 0 Å². The molecule has 0 radical (unpaired) electrons. The van der Waals surface area contributed by atoms with Gasteiger partial charge < -0.3 is 9.32 Å². The van der Waals surface area contributed by atoms with Gasteiger partial charge in [-0.05, 0) is 82.9 Å². The van der Waals surface area contributed by atoms with E-state index in [0.29, 0.717) is 17.5 Å².